The summed E-state index contributed by atoms with van der Waals surface area (Å²) in [5.41, 5.74) is 11.5. The van der Waals surface area contributed by atoms with Gasteiger partial charge in [0.2, 0.25) is 0 Å². The molecule has 0 saturated carbocycles. The zero-order chi connectivity index (χ0) is 12.1. The van der Waals surface area contributed by atoms with Gasteiger partial charge in [0.1, 0.15) is 11.5 Å². The van der Waals surface area contributed by atoms with Crippen LogP contribution in [0.1, 0.15) is 12.5 Å². The van der Waals surface area contributed by atoms with E-state index >= 15 is 0 Å². The second kappa shape index (κ2) is 5.37. The lowest BCUT2D eigenvalue weighted by molar-refractivity contribution is -0.124. The third kappa shape index (κ3) is 2.87. The van der Waals surface area contributed by atoms with Crippen LogP contribution in [0.5, 0.6) is 11.5 Å². The second-order valence-corrected chi connectivity index (χ2v) is 3.34. The van der Waals surface area contributed by atoms with Crippen molar-refractivity contribution in [3.8, 4) is 11.5 Å². The van der Waals surface area contributed by atoms with E-state index in [1.807, 2.05) is 0 Å². The highest BCUT2D eigenvalue weighted by atomic mass is 16.5. The summed E-state index contributed by atoms with van der Waals surface area (Å²) in [5, 5.41) is 0. The highest BCUT2D eigenvalue weighted by Gasteiger charge is 2.12. The summed E-state index contributed by atoms with van der Waals surface area (Å²) in [5.74, 6) is 0.730. The molecule has 0 aliphatic heterocycles. The zero-order valence-corrected chi connectivity index (χ0v) is 9.40. The van der Waals surface area contributed by atoms with Crippen LogP contribution in [0.2, 0.25) is 0 Å². The molecule has 0 bridgehead atoms. The molecule has 1 aromatic carbocycles. The fourth-order valence-corrected chi connectivity index (χ4v) is 1.21. The van der Waals surface area contributed by atoms with Gasteiger partial charge < -0.3 is 20.9 Å². The largest absolute Gasteiger partial charge is 0.497 e. The van der Waals surface area contributed by atoms with Crippen LogP contribution in [0.3, 0.4) is 0 Å². The third-order valence-corrected chi connectivity index (χ3v) is 2.19. The molecule has 1 aromatic rings. The van der Waals surface area contributed by atoms with Gasteiger partial charge in [-0.05, 0) is 25.1 Å². The lowest BCUT2D eigenvalue weighted by Crippen LogP contribution is -2.31. The molecule has 0 saturated heterocycles. The first-order chi connectivity index (χ1) is 7.58. The maximum Gasteiger partial charge on any atom is 0.258 e. The molecule has 5 nitrogen and oxygen atoms in total. The van der Waals surface area contributed by atoms with E-state index in [2.05, 4.69) is 0 Å². The average molecular weight is 224 g/mol. The maximum absolute atomic E-state index is 10.9. The zero-order valence-electron chi connectivity index (χ0n) is 9.40. The summed E-state index contributed by atoms with van der Waals surface area (Å²) in [6, 6.07) is 5.21. The highest BCUT2D eigenvalue weighted by molar-refractivity contribution is 5.78. The number of amides is 1. The number of rotatable bonds is 5. The Morgan fingerprint density at radius 3 is 2.69 bits per heavy atom. The van der Waals surface area contributed by atoms with Crippen LogP contribution in [0.4, 0.5) is 0 Å². The Labute approximate surface area is 94.3 Å². The van der Waals surface area contributed by atoms with Gasteiger partial charge in [0.15, 0.2) is 6.10 Å². The predicted octanol–water partition coefficient (Wildman–Crippen LogP) is 0.407. The molecular weight excluding hydrogens is 208 g/mol. The van der Waals surface area contributed by atoms with E-state index in [9.17, 15) is 4.79 Å². The molecule has 5 heteroatoms. The molecule has 1 atom stereocenters. The van der Waals surface area contributed by atoms with Gasteiger partial charge in [-0.3, -0.25) is 4.79 Å². The number of ether oxygens (including phenoxy) is 2. The van der Waals surface area contributed by atoms with Gasteiger partial charge in [-0.1, -0.05) is 0 Å². The van der Waals surface area contributed by atoms with Crippen LogP contribution in [0.25, 0.3) is 0 Å². The van der Waals surface area contributed by atoms with Gasteiger partial charge >= 0.3 is 0 Å². The van der Waals surface area contributed by atoms with Crippen molar-refractivity contribution in [3.63, 3.8) is 0 Å². The van der Waals surface area contributed by atoms with E-state index in [4.69, 9.17) is 20.9 Å². The smallest absolute Gasteiger partial charge is 0.258 e. The third-order valence-electron chi connectivity index (χ3n) is 2.19. The molecule has 0 heterocycles. The SMILES string of the molecule is COc1ccc(OC(C)C(N)=O)c(CN)c1. The van der Waals surface area contributed by atoms with Crippen LogP contribution in [0.15, 0.2) is 18.2 Å². The summed E-state index contributed by atoms with van der Waals surface area (Å²) in [6.45, 7) is 1.89. The highest BCUT2D eigenvalue weighted by Crippen LogP contribution is 2.24. The number of carbonyl (C=O) groups excluding carboxylic acids is 1. The quantitative estimate of drug-likeness (QED) is 0.758. The number of nitrogens with two attached hydrogens (primary N) is 2. The maximum atomic E-state index is 10.9. The van der Waals surface area contributed by atoms with Gasteiger partial charge in [-0.15, -0.1) is 0 Å². The van der Waals surface area contributed by atoms with E-state index < -0.39 is 12.0 Å². The van der Waals surface area contributed by atoms with Crippen LogP contribution in [-0.2, 0) is 11.3 Å². The molecule has 16 heavy (non-hydrogen) atoms. The molecule has 0 fully saturated rings. The molecular formula is C11H16N2O3. The fraction of sp³-hybridized carbons (Fsp3) is 0.364. The Bertz CT molecular complexity index is 379. The Morgan fingerprint density at radius 2 is 2.19 bits per heavy atom. The first-order valence-corrected chi connectivity index (χ1v) is 4.91. The van der Waals surface area contributed by atoms with E-state index in [1.165, 1.54) is 0 Å². The molecule has 4 N–H and O–H groups in total. The first kappa shape index (κ1) is 12.3. The van der Waals surface area contributed by atoms with Crippen LogP contribution in [-0.4, -0.2) is 19.1 Å². The van der Waals surface area contributed by atoms with Crippen LogP contribution >= 0.6 is 0 Å². The first-order valence-electron chi connectivity index (χ1n) is 4.91. The molecule has 0 aliphatic rings. The predicted molar refractivity (Wildman–Crippen MR) is 60.2 cm³/mol. The molecule has 0 radical (unpaired) electrons. The Kier molecular flexibility index (Phi) is 4.13. The minimum Gasteiger partial charge on any atom is -0.497 e. The molecule has 0 spiro atoms. The molecule has 1 rings (SSSR count). The summed E-state index contributed by atoms with van der Waals surface area (Å²) in [4.78, 5) is 10.9. The summed E-state index contributed by atoms with van der Waals surface area (Å²) < 4.78 is 10.4. The minimum absolute atomic E-state index is 0.304. The van der Waals surface area contributed by atoms with Gasteiger partial charge in [0.05, 0.1) is 7.11 Å². The molecule has 88 valence electrons. The number of hydrogen-bond acceptors (Lipinski definition) is 4. The van der Waals surface area contributed by atoms with E-state index in [-0.39, 0.29) is 0 Å². The molecule has 0 aliphatic carbocycles. The van der Waals surface area contributed by atoms with Crippen molar-refractivity contribution in [2.24, 2.45) is 11.5 Å². The van der Waals surface area contributed by atoms with Crippen molar-refractivity contribution in [1.82, 2.24) is 0 Å². The van der Waals surface area contributed by atoms with Gasteiger partial charge in [0, 0.05) is 12.1 Å². The summed E-state index contributed by atoms with van der Waals surface area (Å²) in [7, 11) is 1.57. The molecule has 1 unspecified atom stereocenters. The van der Waals surface area contributed by atoms with Crippen LogP contribution < -0.4 is 20.9 Å². The standard InChI is InChI=1S/C11H16N2O3/c1-7(11(13)14)16-10-4-3-9(15-2)5-8(10)6-12/h3-5,7H,6,12H2,1-2H3,(H2,13,14). The van der Waals surface area contributed by atoms with E-state index in [0.29, 0.717) is 18.0 Å². The van der Waals surface area contributed by atoms with Crippen molar-refractivity contribution >= 4 is 5.91 Å². The van der Waals surface area contributed by atoms with Crippen LogP contribution in [0, 0.1) is 0 Å². The number of primary amides is 1. The number of benzene rings is 1. The number of hydrogen-bond donors (Lipinski definition) is 2. The number of methoxy groups -OCH3 is 1. The van der Waals surface area contributed by atoms with Crippen molar-refractivity contribution < 1.29 is 14.3 Å². The lowest BCUT2D eigenvalue weighted by Gasteiger charge is -2.15. The van der Waals surface area contributed by atoms with Crippen molar-refractivity contribution in [2.45, 2.75) is 19.6 Å². The Balaban J connectivity index is 2.91. The monoisotopic (exact) mass is 224 g/mol. The normalized spacial score (nSPS) is 11.9. The van der Waals surface area contributed by atoms with Gasteiger partial charge in [0.25, 0.3) is 5.91 Å². The number of carbonyl (C=O) groups is 1. The van der Waals surface area contributed by atoms with Gasteiger partial charge in [-0.2, -0.15) is 0 Å². The fourth-order valence-electron chi connectivity index (χ4n) is 1.21. The topological polar surface area (TPSA) is 87.6 Å². The molecule has 1 amide bonds. The van der Waals surface area contributed by atoms with Crippen molar-refractivity contribution in [3.05, 3.63) is 23.8 Å². The Morgan fingerprint density at radius 1 is 1.50 bits per heavy atom. The van der Waals surface area contributed by atoms with E-state index in [0.717, 1.165) is 5.56 Å². The second-order valence-electron chi connectivity index (χ2n) is 3.34. The summed E-state index contributed by atoms with van der Waals surface area (Å²) >= 11 is 0. The van der Waals surface area contributed by atoms with Crippen molar-refractivity contribution in [1.29, 1.82) is 0 Å². The molecule has 0 aromatic heterocycles. The Hall–Kier alpha value is -1.75. The van der Waals surface area contributed by atoms with E-state index in [1.54, 1.807) is 32.2 Å². The van der Waals surface area contributed by atoms with Crippen molar-refractivity contribution in [2.75, 3.05) is 7.11 Å². The average Bonchev–Trinajstić information content (AvgIpc) is 2.29. The minimum atomic E-state index is -0.682. The lowest BCUT2D eigenvalue weighted by atomic mass is 10.2. The summed E-state index contributed by atoms with van der Waals surface area (Å²) in [6.07, 6.45) is -0.682. The van der Waals surface area contributed by atoms with Gasteiger partial charge in [-0.25, -0.2) is 0 Å².